The van der Waals surface area contributed by atoms with E-state index < -0.39 is 0 Å². The molecule has 25 heavy (non-hydrogen) atoms. The molecule has 0 atom stereocenters. The Kier molecular flexibility index (Phi) is 3.89. The molecule has 1 aliphatic rings. The third kappa shape index (κ3) is 2.96. The van der Waals surface area contributed by atoms with Crippen LogP contribution in [0, 0.1) is 0 Å². The number of amides is 2. The zero-order chi connectivity index (χ0) is 17.4. The Morgan fingerprint density at radius 1 is 1.08 bits per heavy atom. The predicted octanol–water partition coefficient (Wildman–Crippen LogP) is 2.07. The highest BCUT2D eigenvalue weighted by Gasteiger charge is 2.26. The number of fused-ring (bicyclic) bond motifs is 1. The summed E-state index contributed by atoms with van der Waals surface area (Å²) in [6.07, 6.45) is 1.48. The van der Waals surface area contributed by atoms with Gasteiger partial charge in [-0.15, -0.1) is 0 Å². The maximum atomic E-state index is 12.7. The van der Waals surface area contributed by atoms with Crippen LogP contribution in [0.15, 0.2) is 41.0 Å². The monoisotopic (exact) mass is 356 g/mol. The van der Waals surface area contributed by atoms with E-state index in [0.717, 1.165) is 10.2 Å². The zero-order valence-corrected chi connectivity index (χ0v) is 14.2. The smallest absolute Gasteiger partial charge is 0.289 e. The number of aromatic nitrogens is 1. The van der Waals surface area contributed by atoms with Crippen LogP contribution in [0.1, 0.15) is 20.9 Å². The van der Waals surface area contributed by atoms with Gasteiger partial charge in [-0.1, -0.05) is 11.3 Å². The first-order valence-electron chi connectivity index (χ1n) is 7.90. The number of hydrogen-bond donors (Lipinski definition) is 1. The Hall–Kier alpha value is -2.87. The summed E-state index contributed by atoms with van der Waals surface area (Å²) in [5.74, 6) is 0.126. The largest absolute Gasteiger partial charge is 0.459 e. The minimum Gasteiger partial charge on any atom is -0.459 e. The lowest BCUT2D eigenvalue weighted by Crippen LogP contribution is -2.50. The molecule has 2 amide bonds. The summed E-state index contributed by atoms with van der Waals surface area (Å²) in [4.78, 5) is 32.7. The minimum atomic E-state index is -0.142. The molecule has 1 aliphatic heterocycles. The van der Waals surface area contributed by atoms with Gasteiger partial charge in [0.05, 0.1) is 16.5 Å². The average Bonchev–Trinajstić information content (AvgIpc) is 3.28. The first-order chi connectivity index (χ1) is 12.1. The van der Waals surface area contributed by atoms with Crippen molar-refractivity contribution in [2.24, 2.45) is 0 Å². The second-order valence-electron chi connectivity index (χ2n) is 5.80. The molecule has 0 unspecified atom stereocenters. The number of benzene rings is 1. The van der Waals surface area contributed by atoms with Crippen molar-refractivity contribution >= 4 is 38.5 Å². The number of thiazole rings is 1. The lowest BCUT2D eigenvalue weighted by atomic mass is 10.1. The first kappa shape index (κ1) is 15.6. The van der Waals surface area contributed by atoms with Crippen LogP contribution in [0.5, 0.6) is 0 Å². The van der Waals surface area contributed by atoms with Crippen LogP contribution in [0.3, 0.4) is 0 Å². The van der Waals surface area contributed by atoms with Crippen molar-refractivity contribution in [3.63, 3.8) is 0 Å². The molecule has 3 aromatic rings. The molecular weight excluding hydrogens is 340 g/mol. The molecule has 0 spiro atoms. The van der Waals surface area contributed by atoms with Crippen LogP contribution >= 0.6 is 11.3 Å². The molecule has 8 heteroatoms. The van der Waals surface area contributed by atoms with Crippen molar-refractivity contribution in [2.45, 2.75) is 0 Å². The fourth-order valence-electron chi connectivity index (χ4n) is 2.93. The third-order valence-electron chi connectivity index (χ3n) is 4.24. The summed E-state index contributed by atoms with van der Waals surface area (Å²) in [6, 6.07) is 8.77. The molecule has 0 saturated carbocycles. The number of nitrogen functional groups attached to an aromatic ring is 1. The van der Waals surface area contributed by atoms with Crippen LogP contribution in [0.25, 0.3) is 10.2 Å². The normalized spacial score (nSPS) is 14.9. The van der Waals surface area contributed by atoms with Crippen molar-refractivity contribution in [3.05, 3.63) is 47.9 Å². The van der Waals surface area contributed by atoms with Crippen molar-refractivity contribution in [1.29, 1.82) is 0 Å². The van der Waals surface area contributed by atoms with E-state index >= 15 is 0 Å². The molecule has 0 bridgehead atoms. The predicted molar refractivity (Wildman–Crippen MR) is 94.5 cm³/mol. The topological polar surface area (TPSA) is 92.7 Å². The summed E-state index contributed by atoms with van der Waals surface area (Å²) in [5, 5.41) is 0.490. The van der Waals surface area contributed by atoms with Crippen molar-refractivity contribution in [1.82, 2.24) is 14.8 Å². The number of hydrogen-bond acceptors (Lipinski definition) is 6. The molecule has 1 aromatic carbocycles. The Balaban J connectivity index is 1.44. The van der Waals surface area contributed by atoms with Gasteiger partial charge in [-0.25, -0.2) is 4.98 Å². The summed E-state index contributed by atoms with van der Waals surface area (Å²) in [7, 11) is 0. The number of nitrogens with zero attached hydrogens (tertiary/aromatic N) is 3. The minimum absolute atomic E-state index is 0.0569. The Morgan fingerprint density at radius 3 is 2.48 bits per heavy atom. The number of nitrogens with two attached hydrogens (primary N) is 1. The molecule has 3 heterocycles. The van der Waals surface area contributed by atoms with E-state index in [1.807, 2.05) is 6.07 Å². The van der Waals surface area contributed by atoms with E-state index in [1.165, 1.54) is 17.6 Å². The molecule has 1 fully saturated rings. The highest BCUT2D eigenvalue weighted by molar-refractivity contribution is 7.22. The van der Waals surface area contributed by atoms with Gasteiger partial charge >= 0.3 is 0 Å². The Bertz CT molecular complexity index is 927. The van der Waals surface area contributed by atoms with Crippen LogP contribution in [-0.4, -0.2) is 52.8 Å². The zero-order valence-electron chi connectivity index (χ0n) is 13.3. The van der Waals surface area contributed by atoms with E-state index in [4.69, 9.17) is 10.2 Å². The highest BCUT2D eigenvalue weighted by Crippen LogP contribution is 2.25. The number of piperazine rings is 1. The second-order valence-corrected chi connectivity index (χ2v) is 6.86. The van der Waals surface area contributed by atoms with Gasteiger partial charge in [-0.3, -0.25) is 9.59 Å². The Morgan fingerprint density at radius 2 is 1.80 bits per heavy atom. The van der Waals surface area contributed by atoms with E-state index in [0.29, 0.717) is 42.6 Å². The number of rotatable bonds is 2. The number of anilines is 1. The lowest BCUT2D eigenvalue weighted by Gasteiger charge is -2.34. The van der Waals surface area contributed by atoms with Gasteiger partial charge in [0.25, 0.3) is 11.8 Å². The number of furan rings is 1. The van der Waals surface area contributed by atoms with Crippen LogP contribution in [-0.2, 0) is 0 Å². The maximum Gasteiger partial charge on any atom is 0.289 e. The molecule has 0 radical (unpaired) electrons. The standard InChI is InChI=1S/C17H16N4O3S/c18-17-19-12-10-11(3-4-14(12)25-17)15(22)20-5-7-21(8-6-20)16(23)13-2-1-9-24-13/h1-4,9-10H,5-8H2,(H2,18,19). The second kappa shape index (κ2) is 6.21. The van der Waals surface area contributed by atoms with Gasteiger partial charge in [-0.05, 0) is 30.3 Å². The summed E-state index contributed by atoms with van der Waals surface area (Å²) in [5.41, 5.74) is 7.03. The molecular formula is C17H16N4O3S. The van der Waals surface area contributed by atoms with Crippen molar-refractivity contribution in [2.75, 3.05) is 31.9 Å². The van der Waals surface area contributed by atoms with E-state index in [-0.39, 0.29) is 11.8 Å². The SMILES string of the molecule is Nc1nc2cc(C(=O)N3CCN(C(=O)c4ccco4)CC3)ccc2s1. The van der Waals surface area contributed by atoms with Crippen molar-refractivity contribution in [3.8, 4) is 0 Å². The van der Waals surface area contributed by atoms with E-state index in [9.17, 15) is 9.59 Å². The number of carbonyl (C=O) groups excluding carboxylic acids is 2. The van der Waals surface area contributed by atoms with Crippen LogP contribution in [0.2, 0.25) is 0 Å². The third-order valence-corrected chi connectivity index (χ3v) is 5.10. The van der Waals surface area contributed by atoms with E-state index in [2.05, 4.69) is 4.98 Å². The maximum absolute atomic E-state index is 12.7. The molecule has 7 nitrogen and oxygen atoms in total. The lowest BCUT2D eigenvalue weighted by molar-refractivity contribution is 0.0518. The van der Waals surface area contributed by atoms with Gasteiger partial charge in [0.1, 0.15) is 0 Å². The van der Waals surface area contributed by atoms with Crippen LogP contribution in [0.4, 0.5) is 5.13 Å². The highest BCUT2D eigenvalue weighted by atomic mass is 32.1. The summed E-state index contributed by atoms with van der Waals surface area (Å²) < 4.78 is 6.11. The molecule has 0 aliphatic carbocycles. The first-order valence-corrected chi connectivity index (χ1v) is 8.71. The molecule has 4 rings (SSSR count). The summed E-state index contributed by atoms with van der Waals surface area (Å²) >= 11 is 1.40. The van der Waals surface area contributed by atoms with Crippen molar-refractivity contribution < 1.29 is 14.0 Å². The number of carbonyl (C=O) groups is 2. The van der Waals surface area contributed by atoms with Gasteiger partial charge in [0, 0.05) is 31.7 Å². The quantitative estimate of drug-likeness (QED) is 0.759. The van der Waals surface area contributed by atoms with Gasteiger partial charge in [0.2, 0.25) is 0 Å². The van der Waals surface area contributed by atoms with E-state index in [1.54, 1.807) is 34.1 Å². The van der Waals surface area contributed by atoms with Gasteiger partial charge < -0.3 is 20.0 Å². The fraction of sp³-hybridized carbons (Fsp3) is 0.235. The Labute approximate surface area is 147 Å². The average molecular weight is 356 g/mol. The fourth-order valence-corrected chi connectivity index (χ4v) is 3.64. The van der Waals surface area contributed by atoms with Gasteiger partial charge in [0.15, 0.2) is 10.9 Å². The van der Waals surface area contributed by atoms with Gasteiger partial charge in [-0.2, -0.15) is 0 Å². The molecule has 2 N–H and O–H groups in total. The molecule has 1 saturated heterocycles. The summed E-state index contributed by atoms with van der Waals surface area (Å²) in [6.45, 7) is 1.94. The molecule has 2 aromatic heterocycles. The molecule has 128 valence electrons. The van der Waals surface area contributed by atoms with Crippen LogP contribution < -0.4 is 5.73 Å².